The molecule has 1 unspecified atom stereocenters. The van der Waals surface area contributed by atoms with Crippen LogP contribution in [-0.4, -0.2) is 44.1 Å². The van der Waals surface area contributed by atoms with Crippen LogP contribution in [0, 0.1) is 5.92 Å². The molecule has 6 nitrogen and oxygen atoms in total. The SMILES string of the molecule is c1ncc2nc(NC3CC4CCN3CC4)ncc2n1. The molecule has 0 amide bonds. The first kappa shape index (κ1) is 11.0. The number of nitrogens with zero attached hydrogens (tertiary/aromatic N) is 5. The first-order valence-electron chi connectivity index (χ1n) is 6.82. The minimum absolute atomic E-state index is 0.384. The molecule has 3 aliphatic heterocycles. The monoisotopic (exact) mass is 256 g/mol. The van der Waals surface area contributed by atoms with Gasteiger partial charge in [0.05, 0.1) is 18.6 Å². The van der Waals surface area contributed by atoms with Crippen molar-refractivity contribution in [1.29, 1.82) is 0 Å². The van der Waals surface area contributed by atoms with Crippen molar-refractivity contribution in [2.24, 2.45) is 5.92 Å². The van der Waals surface area contributed by atoms with Gasteiger partial charge < -0.3 is 5.32 Å². The zero-order valence-electron chi connectivity index (χ0n) is 10.7. The third-order valence-corrected chi connectivity index (χ3v) is 4.20. The quantitative estimate of drug-likeness (QED) is 0.873. The molecule has 5 heterocycles. The first-order valence-corrected chi connectivity index (χ1v) is 6.82. The highest BCUT2D eigenvalue weighted by Gasteiger charge is 2.33. The lowest BCUT2D eigenvalue weighted by Gasteiger charge is -2.45. The standard InChI is InChI=1S/C13H16N6/c1-3-19-4-2-9(1)5-12(19)18-13-15-7-10-11(17-13)6-14-8-16-10/h6-9,12H,1-5H2,(H,15,17,18). The minimum Gasteiger partial charge on any atom is -0.339 e. The van der Waals surface area contributed by atoms with Crippen LogP contribution in [0.15, 0.2) is 18.7 Å². The predicted molar refractivity (Wildman–Crippen MR) is 71.5 cm³/mol. The summed E-state index contributed by atoms with van der Waals surface area (Å²) in [7, 11) is 0. The molecule has 19 heavy (non-hydrogen) atoms. The third kappa shape index (κ3) is 2.02. The van der Waals surface area contributed by atoms with E-state index in [9.17, 15) is 0 Å². The summed E-state index contributed by atoms with van der Waals surface area (Å²) in [5.41, 5.74) is 1.57. The van der Waals surface area contributed by atoms with Crippen LogP contribution in [0.3, 0.4) is 0 Å². The van der Waals surface area contributed by atoms with Crippen LogP contribution in [0.1, 0.15) is 19.3 Å². The summed E-state index contributed by atoms with van der Waals surface area (Å²) in [6.45, 7) is 2.39. The Bertz CT molecular complexity index is 592. The normalized spacial score (nSPS) is 29.6. The lowest BCUT2D eigenvalue weighted by molar-refractivity contribution is 0.0636. The smallest absolute Gasteiger partial charge is 0.224 e. The van der Waals surface area contributed by atoms with Crippen molar-refractivity contribution in [2.75, 3.05) is 18.4 Å². The van der Waals surface area contributed by atoms with Gasteiger partial charge in [0.15, 0.2) is 0 Å². The number of aromatic nitrogens is 4. The summed E-state index contributed by atoms with van der Waals surface area (Å²) >= 11 is 0. The summed E-state index contributed by atoms with van der Waals surface area (Å²) in [5.74, 6) is 1.55. The molecule has 2 aromatic heterocycles. The fourth-order valence-corrected chi connectivity index (χ4v) is 3.12. The summed E-state index contributed by atoms with van der Waals surface area (Å²) in [6.07, 6.45) is 9.26. The van der Waals surface area contributed by atoms with Gasteiger partial charge in [-0.2, -0.15) is 0 Å². The van der Waals surface area contributed by atoms with Crippen LogP contribution >= 0.6 is 0 Å². The Morgan fingerprint density at radius 3 is 2.79 bits per heavy atom. The molecule has 0 radical (unpaired) electrons. The summed E-state index contributed by atoms with van der Waals surface area (Å²) in [5, 5.41) is 3.45. The largest absolute Gasteiger partial charge is 0.339 e. The van der Waals surface area contributed by atoms with Crippen molar-refractivity contribution >= 4 is 17.0 Å². The molecule has 0 aromatic carbocycles. The zero-order valence-corrected chi connectivity index (χ0v) is 10.7. The van der Waals surface area contributed by atoms with E-state index in [1.54, 1.807) is 12.4 Å². The lowest BCUT2D eigenvalue weighted by Crippen LogP contribution is -2.52. The highest BCUT2D eigenvalue weighted by molar-refractivity contribution is 5.72. The molecular formula is C13H16N6. The van der Waals surface area contributed by atoms with Crippen molar-refractivity contribution in [3.8, 4) is 0 Å². The summed E-state index contributed by atoms with van der Waals surface area (Å²) in [6, 6.07) is 0. The molecule has 6 heteroatoms. The molecule has 1 atom stereocenters. The number of rotatable bonds is 2. The van der Waals surface area contributed by atoms with Crippen LogP contribution in [-0.2, 0) is 0 Å². The van der Waals surface area contributed by atoms with Crippen molar-refractivity contribution in [1.82, 2.24) is 24.8 Å². The number of anilines is 1. The molecule has 0 saturated carbocycles. The maximum atomic E-state index is 4.48. The Labute approximate surface area is 111 Å². The number of fused-ring (bicyclic) bond motifs is 4. The molecule has 0 aliphatic carbocycles. The molecule has 3 fully saturated rings. The highest BCUT2D eigenvalue weighted by atomic mass is 15.3. The fourth-order valence-electron chi connectivity index (χ4n) is 3.12. The molecule has 3 aliphatic rings. The van der Waals surface area contributed by atoms with Crippen LogP contribution in [0.2, 0.25) is 0 Å². The van der Waals surface area contributed by atoms with Crippen LogP contribution in [0.4, 0.5) is 5.95 Å². The van der Waals surface area contributed by atoms with Gasteiger partial charge in [0.2, 0.25) is 5.95 Å². The average Bonchev–Trinajstić information content (AvgIpc) is 2.48. The van der Waals surface area contributed by atoms with E-state index < -0.39 is 0 Å². The Morgan fingerprint density at radius 2 is 2.00 bits per heavy atom. The molecule has 3 saturated heterocycles. The van der Waals surface area contributed by atoms with Crippen LogP contribution < -0.4 is 5.32 Å². The number of piperidine rings is 3. The zero-order chi connectivity index (χ0) is 12.7. The van der Waals surface area contributed by atoms with Crippen molar-refractivity contribution in [2.45, 2.75) is 25.4 Å². The Balaban J connectivity index is 1.58. The van der Waals surface area contributed by atoms with E-state index in [1.807, 2.05) is 0 Å². The van der Waals surface area contributed by atoms with Crippen molar-refractivity contribution in [3.63, 3.8) is 0 Å². The van der Waals surface area contributed by atoms with E-state index in [1.165, 1.54) is 38.7 Å². The first-order chi connectivity index (χ1) is 9.38. The molecular weight excluding hydrogens is 240 g/mol. The average molecular weight is 256 g/mol. The summed E-state index contributed by atoms with van der Waals surface area (Å²) < 4.78 is 0. The predicted octanol–water partition coefficient (Wildman–Crippen LogP) is 1.27. The maximum Gasteiger partial charge on any atom is 0.224 e. The maximum absolute atomic E-state index is 4.48. The second-order valence-corrected chi connectivity index (χ2v) is 5.36. The van der Waals surface area contributed by atoms with E-state index in [4.69, 9.17) is 0 Å². The molecule has 98 valence electrons. The Morgan fingerprint density at radius 1 is 1.11 bits per heavy atom. The van der Waals surface area contributed by atoms with Gasteiger partial charge in [0.25, 0.3) is 0 Å². The topological polar surface area (TPSA) is 66.8 Å². The number of nitrogens with one attached hydrogen (secondary N) is 1. The van der Waals surface area contributed by atoms with E-state index in [-0.39, 0.29) is 0 Å². The van der Waals surface area contributed by atoms with Gasteiger partial charge in [-0.1, -0.05) is 0 Å². The van der Waals surface area contributed by atoms with E-state index >= 15 is 0 Å². The minimum atomic E-state index is 0.384. The van der Waals surface area contributed by atoms with Crippen molar-refractivity contribution < 1.29 is 0 Å². The van der Waals surface area contributed by atoms with E-state index in [0.29, 0.717) is 12.1 Å². The Hall–Kier alpha value is -1.82. The molecule has 5 rings (SSSR count). The van der Waals surface area contributed by atoms with Gasteiger partial charge in [-0.3, -0.25) is 4.90 Å². The van der Waals surface area contributed by atoms with Gasteiger partial charge in [-0.25, -0.2) is 19.9 Å². The van der Waals surface area contributed by atoms with Crippen LogP contribution in [0.5, 0.6) is 0 Å². The second kappa shape index (κ2) is 4.38. The Kier molecular flexibility index (Phi) is 2.55. The second-order valence-electron chi connectivity index (χ2n) is 5.36. The third-order valence-electron chi connectivity index (χ3n) is 4.20. The summed E-state index contributed by atoms with van der Waals surface area (Å²) in [4.78, 5) is 19.5. The molecule has 2 bridgehead atoms. The van der Waals surface area contributed by atoms with Gasteiger partial charge in [-0.15, -0.1) is 0 Å². The van der Waals surface area contributed by atoms with Gasteiger partial charge >= 0.3 is 0 Å². The highest BCUT2D eigenvalue weighted by Crippen LogP contribution is 2.31. The number of hydrogen-bond donors (Lipinski definition) is 1. The molecule has 1 N–H and O–H groups in total. The van der Waals surface area contributed by atoms with Gasteiger partial charge in [0.1, 0.15) is 17.4 Å². The molecule has 0 spiro atoms. The van der Waals surface area contributed by atoms with Gasteiger partial charge in [0, 0.05) is 13.1 Å². The molecule has 2 aromatic rings. The fraction of sp³-hybridized carbons (Fsp3) is 0.538. The van der Waals surface area contributed by atoms with E-state index in [2.05, 4.69) is 30.2 Å². The van der Waals surface area contributed by atoms with E-state index in [0.717, 1.165) is 17.0 Å². The lowest BCUT2D eigenvalue weighted by atomic mass is 9.86. The van der Waals surface area contributed by atoms with Crippen LogP contribution in [0.25, 0.3) is 11.0 Å². The van der Waals surface area contributed by atoms with Crippen molar-refractivity contribution in [3.05, 3.63) is 18.7 Å². The number of hydrogen-bond acceptors (Lipinski definition) is 6. The van der Waals surface area contributed by atoms with Gasteiger partial charge in [-0.05, 0) is 25.2 Å².